The van der Waals surface area contributed by atoms with E-state index < -0.39 is 5.97 Å². The van der Waals surface area contributed by atoms with Gasteiger partial charge in [0, 0.05) is 31.1 Å². The molecular formula is C23H24N4O3. The number of hydrogen-bond acceptors (Lipinski definition) is 5. The van der Waals surface area contributed by atoms with Gasteiger partial charge in [0.05, 0.1) is 16.6 Å². The predicted octanol–water partition coefficient (Wildman–Crippen LogP) is 3.49. The van der Waals surface area contributed by atoms with Crippen LogP contribution in [0.4, 0.5) is 5.82 Å². The normalized spacial score (nSPS) is 14.6. The van der Waals surface area contributed by atoms with Gasteiger partial charge in [-0.3, -0.25) is 4.79 Å². The van der Waals surface area contributed by atoms with Crippen molar-refractivity contribution in [2.75, 3.05) is 18.0 Å². The van der Waals surface area contributed by atoms with E-state index >= 15 is 0 Å². The van der Waals surface area contributed by atoms with Gasteiger partial charge < -0.3 is 15.3 Å². The maximum Gasteiger partial charge on any atom is 0.335 e. The first-order chi connectivity index (χ1) is 14.5. The molecule has 7 heteroatoms. The average molecular weight is 404 g/mol. The smallest absolute Gasteiger partial charge is 0.335 e. The summed E-state index contributed by atoms with van der Waals surface area (Å²) in [5.74, 6) is -0.165. The molecule has 1 fully saturated rings. The number of carbonyl (C=O) groups excluding carboxylic acids is 1. The SMILES string of the molecule is CCC(=O)NC1CCN(c2nc3cc(C(=O)O)ccc3nc2-c2ccccc2)CC1. The molecule has 2 N–H and O–H groups in total. The van der Waals surface area contributed by atoms with E-state index in [0.29, 0.717) is 17.5 Å². The number of aromatic nitrogens is 2. The van der Waals surface area contributed by atoms with Gasteiger partial charge in [-0.15, -0.1) is 0 Å². The van der Waals surface area contributed by atoms with E-state index in [1.54, 1.807) is 18.2 Å². The lowest BCUT2D eigenvalue weighted by atomic mass is 10.0. The quantitative estimate of drug-likeness (QED) is 0.676. The first kappa shape index (κ1) is 19.8. The number of anilines is 1. The number of aromatic carboxylic acids is 1. The molecule has 0 spiro atoms. The summed E-state index contributed by atoms with van der Waals surface area (Å²) in [5, 5.41) is 12.4. The van der Waals surface area contributed by atoms with Crippen LogP contribution in [0.2, 0.25) is 0 Å². The van der Waals surface area contributed by atoms with E-state index in [0.717, 1.165) is 43.0 Å². The van der Waals surface area contributed by atoms with Crippen molar-refractivity contribution < 1.29 is 14.7 Å². The Labute approximate surface area is 174 Å². The van der Waals surface area contributed by atoms with Gasteiger partial charge in [0.25, 0.3) is 0 Å². The van der Waals surface area contributed by atoms with Crippen molar-refractivity contribution >= 4 is 28.7 Å². The van der Waals surface area contributed by atoms with E-state index in [-0.39, 0.29) is 17.5 Å². The van der Waals surface area contributed by atoms with Crippen molar-refractivity contribution in [3.05, 3.63) is 54.1 Å². The highest BCUT2D eigenvalue weighted by atomic mass is 16.4. The Kier molecular flexibility index (Phi) is 5.61. The highest BCUT2D eigenvalue weighted by Gasteiger charge is 2.24. The largest absolute Gasteiger partial charge is 0.478 e. The molecule has 1 saturated heterocycles. The number of fused-ring (bicyclic) bond motifs is 1. The minimum Gasteiger partial charge on any atom is -0.478 e. The summed E-state index contributed by atoms with van der Waals surface area (Å²) in [7, 11) is 0. The first-order valence-corrected chi connectivity index (χ1v) is 10.2. The van der Waals surface area contributed by atoms with Crippen LogP contribution in [-0.2, 0) is 4.79 Å². The van der Waals surface area contributed by atoms with Gasteiger partial charge in [0.2, 0.25) is 5.91 Å². The molecule has 2 aromatic carbocycles. The van der Waals surface area contributed by atoms with Crippen molar-refractivity contribution in [2.24, 2.45) is 0 Å². The number of carboxylic acid groups (broad SMARTS) is 1. The second-order valence-corrected chi connectivity index (χ2v) is 7.45. The molecule has 0 atom stereocenters. The van der Waals surface area contributed by atoms with Crippen LogP contribution in [0, 0.1) is 0 Å². The number of hydrogen-bond donors (Lipinski definition) is 2. The molecule has 1 aliphatic heterocycles. The summed E-state index contributed by atoms with van der Waals surface area (Å²) < 4.78 is 0. The van der Waals surface area contributed by atoms with Crippen molar-refractivity contribution in [2.45, 2.75) is 32.2 Å². The molecule has 4 rings (SSSR count). The summed E-state index contributed by atoms with van der Waals surface area (Å²) in [6.45, 7) is 3.34. The van der Waals surface area contributed by atoms with Gasteiger partial charge in [-0.25, -0.2) is 14.8 Å². The lowest BCUT2D eigenvalue weighted by molar-refractivity contribution is -0.121. The zero-order valence-corrected chi connectivity index (χ0v) is 16.8. The second kappa shape index (κ2) is 8.49. The number of carboxylic acids is 1. The number of nitrogens with zero attached hydrogens (tertiary/aromatic N) is 3. The van der Waals surface area contributed by atoms with Crippen LogP contribution in [0.1, 0.15) is 36.5 Å². The van der Waals surface area contributed by atoms with E-state index in [2.05, 4.69) is 10.2 Å². The van der Waals surface area contributed by atoms with E-state index in [1.165, 1.54) is 0 Å². The monoisotopic (exact) mass is 404 g/mol. The lowest BCUT2D eigenvalue weighted by Gasteiger charge is -2.34. The van der Waals surface area contributed by atoms with Gasteiger partial charge in [-0.2, -0.15) is 0 Å². The molecule has 0 unspecified atom stereocenters. The minimum atomic E-state index is -0.986. The summed E-state index contributed by atoms with van der Waals surface area (Å²) in [5.41, 5.74) is 3.16. The highest BCUT2D eigenvalue weighted by Crippen LogP contribution is 2.31. The number of nitrogens with one attached hydrogen (secondary N) is 1. The Morgan fingerprint density at radius 1 is 1.07 bits per heavy atom. The fourth-order valence-electron chi connectivity index (χ4n) is 3.75. The van der Waals surface area contributed by atoms with E-state index in [1.807, 2.05) is 37.3 Å². The maximum atomic E-state index is 11.7. The molecule has 1 amide bonds. The molecule has 0 saturated carbocycles. The molecule has 7 nitrogen and oxygen atoms in total. The Balaban J connectivity index is 1.71. The zero-order chi connectivity index (χ0) is 21.1. The van der Waals surface area contributed by atoms with Gasteiger partial charge in [0.1, 0.15) is 5.69 Å². The predicted molar refractivity (Wildman–Crippen MR) is 116 cm³/mol. The molecule has 1 aromatic heterocycles. The third-order valence-electron chi connectivity index (χ3n) is 5.42. The van der Waals surface area contributed by atoms with Gasteiger partial charge in [0.15, 0.2) is 5.82 Å². The number of carbonyl (C=O) groups is 2. The summed E-state index contributed by atoms with van der Waals surface area (Å²) in [6, 6.07) is 14.9. The van der Waals surface area contributed by atoms with Crippen LogP contribution < -0.4 is 10.2 Å². The molecule has 2 heterocycles. The van der Waals surface area contributed by atoms with Crippen LogP contribution in [-0.4, -0.2) is 46.1 Å². The molecule has 30 heavy (non-hydrogen) atoms. The van der Waals surface area contributed by atoms with Crippen LogP contribution in [0.3, 0.4) is 0 Å². The summed E-state index contributed by atoms with van der Waals surface area (Å²) in [6.07, 6.45) is 2.14. The standard InChI is InChI=1S/C23H24N4O3/c1-2-20(28)24-17-10-12-27(13-11-17)22-21(15-6-4-3-5-7-15)25-18-9-8-16(23(29)30)14-19(18)26-22/h3-9,14,17H,2,10-13H2,1H3,(H,24,28)(H,29,30). The molecule has 0 aliphatic carbocycles. The first-order valence-electron chi connectivity index (χ1n) is 10.2. The maximum absolute atomic E-state index is 11.7. The Morgan fingerprint density at radius 3 is 2.47 bits per heavy atom. The van der Waals surface area contributed by atoms with Gasteiger partial charge in [-0.1, -0.05) is 37.3 Å². The third kappa shape index (κ3) is 4.10. The fraction of sp³-hybridized carbons (Fsp3) is 0.304. The minimum absolute atomic E-state index is 0.0742. The van der Waals surface area contributed by atoms with Crippen LogP contribution in [0.25, 0.3) is 22.3 Å². The van der Waals surface area contributed by atoms with Crippen LogP contribution in [0.5, 0.6) is 0 Å². The molecule has 0 bridgehead atoms. The Hall–Kier alpha value is -3.48. The zero-order valence-electron chi connectivity index (χ0n) is 16.8. The highest BCUT2D eigenvalue weighted by molar-refractivity contribution is 5.93. The number of rotatable bonds is 5. The third-order valence-corrected chi connectivity index (χ3v) is 5.42. The Bertz CT molecular complexity index is 1080. The van der Waals surface area contributed by atoms with E-state index in [4.69, 9.17) is 9.97 Å². The lowest BCUT2D eigenvalue weighted by Crippen LogP contribution is -2.45. The van der Waals surface area contributed by atoms with Crippen molar-refractivity contribution in [3.63, 3.8) is 0 Å². The molecule has 3 aromatic rings. The summed E-state index contributed by atoms with van der Waals surface area (Å²) >= 11 is 0. The molecule has 1 aliphatic rings. The van der Waals surface area contributed by atoms with Crippen LogP contribution in [0.15, 0.2) is 48.5 Å². The fourth-order valence-corrected chi connectivity index (χ4v) is 3.75. The number of amides is 1. The van der Waals surface area contributed by atoms with E-state index in [9.17, 15) is 14.7 Å². The van der Waals surface area contributed by atoms with Gasteiger partial charge in [-0.05, 0) is 31.0 Å². The molecular weight excluding hydrogens is 380 g/mol. The molecule has 154 valence electrons. The topological polar surface area (TPSA) is 95.4 Å². The van der Waals surface area contributed by atoms with Crippen molar-refractivity contribution in [1.29, 1.82) is 0 Å². The Morgan fingerprint density at radius 2 is 1.80 bits per heavy atom. The average Bonchev–Trinajstić information content (AvgIpc) is 2.78. The van der Waals surface area contributed by atoms with Gasteiger partial charge >= 0.3 is 5.97 Å². The number of benzene rings is 2. The van der Waals surface area contributed by atoms with Crippen molar-refractivity contribution in [1.82, 2.24) is 15.3 Å². The van der Waals surface area contributed by atoms with Crippen molar-refractivity contribution in [3.8, 4) is 11.3 Å². The second-order valence-electron chi connectivity index (χ2n) is 7.45. The molecule has 0 radical (unpaired) electrons. The number of piperidine rings is 1. The summed E-state index contributed by atoms with van der Waals surface area (Å²) in [4.78, 5) is 34.9. The van der Waals surface area contributed by atoms with Crippen LogP contribution >= 0.6 is 0 Å².